The lowest BCUT2D eigenvalue weighted by atomic mass is 10.4. The molecule has 0 aliphatic rings. The van der Waals surface area contributed by atoms with E-state index in [0.717, 1.165) is 11.3 Å². The van der Waals surface area contributed by atoms with Crippen LogP contribution >= 0.6 is 11.8 Å². The Kier molecular flexibility index (Phi) is 14.6. The molecule has 0 saturated heterocycles. The molecule has 0 radical (unpaired) electrons. The molecule has 0 aromatic heterocycles. The van der Waals surface area contributed by atoms with Crippen LogP contribution in [0.4, 0.5) is 4.39 Å². The highest BCUT2D eigenvalue weighted by molar-refractivity contribution is 8.03. The Hall–Kier alpha value is -0.760. The number of thioether (sulfide) groups is 1. The molecule has 0 aliphatic carbocycles. The molecule has 0 bridgehead atoms. The predicted molar refractivity (Wildman–Crippen MR) is 79.0 cm³/mol. The van der Waals surface area contributed by atoms with Gasteiger partial charge in [0.25, 0.3) is 0 Å². The SMILES string of the molecule is CC.CC.CC/C=C(/C)Sc1ccc(F)cc1. The van der Waals surface area contributed by atoms with E-state index in [1.807, 2.05) is 27.7 Å². The van der Waals surface area contributed by atoms with Gasteiger partial charge in [-0.25, -0.2) is 4.39 Å². The van der Waals surface area contributed by atoms with Crippen molar-refractivity contribution in [1.29, 1.82) is 0 Å². The van der Waals surface area contributed by atoms with Gasteiger partial charge < -0.3 is 0 Å². The third kappa shape index (κ3) is 10.1. The molecule has 0 nitrogen and oxygen atoms in total. The van der Waals surface area contributed by atoms with Gasteiger partial charge in [0.1, 0.15) is 5.82 Å². The summed E-state index contributed by atoms with van der Waals surface area (Å²) in [7, 11) is 0. The minimum atomic E-state index is -0.179. The average Bonchev–Trinajstić information content (AvgIpc) is 2.37. The van der Waals surface area contributed by atoms with Gasteiger partial charge in [-0.05, 0) is 42.5 Å². The van der Waals surface area contributed by atoms with E-state index in [-0.39, 0.29) is 5.82 Å². The van der Waals surface area contributed by atoms with Gasteiger partial charge in [0.15, 0.2) is 0 Å². The Balaban J connectivity index is 0. The van der Waals surface area contributed by atoms with Crippen molar-refractivity contribution < 1.29 is 4.39 Å². The molecule has 0 heterocycles. The molecule has 0 atom stereocenters. The van der Waals surface area contributed by atoms with Crippen LogP contribution in [0, 0.1) is 5.82 Å². The highest BCUT2D eigenvalue weighted by Crippen LogP contribution is 2.26. The van der Waals surface area contributed by atoms with E-state index < -0.39 is 0 Å². The van der Waals surface area contributed by atoms with E-state index in [9.17, 15) is 4.39 Å². The fraction of sp³-hybridized carbons (Fsp3) is 0.467. The molecule has 0 N–H and O–H groups in total. The van der Waals surface area contributed by atoms with E-state index in [1.54, 1.807) is 23.9 Å². The molecule has 0 unspecified atom stereocenters. The molecule has 98 valence electrons. The maximum Gasteiger partial charge on any atom is 0.123 e. The lowest BCUT2D eigenvalue weighted by Gasteiger charge is -2.00. The Morgan fingerprint density at radius 1 is 1.12 bits per heavy atom. The van der Waals surface area contributed by atoms with Crippen molar-refractivity contribution in [3.05, 3.63) is 41.1 Å². The second-order valence-corrected chi connectivity index (χ2v) is 4.10. The Bertz CT molecular complexity index is 288. The van der Waals surface area contributed by atoms with Crippen LogP contribution in [0.25, 0.3) is 0 Å². The molecule has 0 aliphatic heterocycles. The molecule has 0 fully saturated rings. The monoisotopic (exact) mass is 256 g/mol. The van der Waals surface area contributed by atoms with Crippen molar-refractivity contribution in [2.45, 2.75) is 52.9 Å². The zero-order valence-electron chi connectivity index (χ0n) is 11.9. The van der Waals surface area contributed by atoms with Crippen molar-refractivity contribution in [3.8, 4) is 0 Å². The second kappa shape index (κ2) is 13.3. The second-order valence-electron chi connectivity index (χ2n) is 2.78. The maximum absolute atomic E-state index is 12.5. The summed E-state index contributed by atoms with van der Waals surface area (Å²) in [5, 5.41) is 0. The molecule has 17 heavy (non-hydrogen) atoms. The fourth-order valence-electron chi connectivity index (χ4n) is 1.02. The zero-order valence-corrected chi connectivity index (χ0v) is 12.7. The van der Waals surface area contributed by atoms with E-state index in [1.165, 1.54) is 17.0 Å². The highest BCUT2D eigenvalue weighted by atomic mass is 32.2. The predicted octanol–water partition coefficient (Wildman–Crippen LogP) is 6.28. The lowest BCUT2D eigenvalue weighted by molar-refractivity contribution is 0.626. The first-order chi connectivity index (χ1) is 8.22. The largest absolute Gasteiger partial charge is 0.207 e. The number of hydrogen-bond acceptors (Lipinski definition) is 1. The topological polar surface area (TPSA) is 0 Å². The number of halogens is 1. The van der Waals surface area contributed by atoms with Crippen LogP contribution in [0.3, 0.4) is 0 Å². The Morgan fingerprint density at radius 3 is 2.00 bits per heavy atom. The van der Waals surface area contributed by atoms with Crippen LogP contribution in [0.1, 0.15) is 48.0 Å². The zero-order chi connectivity index (χ0) is 13.7. The number of hydrogen-bond donors (Lipinski definition) is 0. The van der Waals surface area contributed by atoms with Gasteiger partial charge in [0, 0.05) is 4.90 Å². The summed E-state index contributed by atoms with van der Waals surface area (Å²) >= 11 is 1.67. The first kappa shape index (κ1) is 18.6. The van der Waals surface area contributed by atoms with Crippen LogP contribution in [0.2, 0.25) is 0 Å². The van der Waals surface area contributed by atoms with E-state index in [2.05, 4.69) is 19.9 Å². The minimum absolute atomic E-state index is 0.179. The van der Waals surface area contributed by atoms with Gasteiger partial charge in [0.2, 0.25) is 0 Å². The summed E-state index contributed by atoms with van der Waals surface area (Å²) in [5.74, 6) is -0.179. The number of benzene rings is 1. The van der Waals surface area contributed by atoms with Gasteiger partial charge in [-0.1, -0.05) is 52.5 Å². The van der Waals surface area contributed by atoms with Crippen LogP contribution < -0.4 is 0 Å². The molecule has 1 rings (SSSR count). The van der Waals surface area contributed by atoms with Crippen LogP contribution in [0.5, 0.6) is 0 Å². The van der Waals surface area contributed by atoms with Gasteiger partial charge in [-0.3, -0.25) is 0 Å². The normalized spacial score (nSPS) is 9.71. The third-order valence-corrected chi connectivity index (χ3v) is 2.58. The summed E-state index contributed by atoms with van der Waals surface area (Å²) in [4.78, 5) is 2.35. The quantitative estimate of drug-likeness (QED) is 0.573. The first-order valence-corrected chi connectivity index (χ1v) is 7.14. The molecule has 1 aromatic rings. The molecule has 2 heteroatoms. The summed E-state index contributed by atoms with van der Waals surface area (Å²) in [5.41, 5.74) is 0. The standard InChI is InChI=1S/C11H13FS.2C2H6/c1-3-4-9(2)13-11-7-5-10(12)6-8-11;2*1-2/h4-8H,3H2,1-2H3;2*1-2H3/b9-4-;;. The van der Waals surface area contributed by atoms with Gasteiger partial charge >= 0.3 is 0 Å². The van der Waals surface area contributed by atoms with Gasteiger partial charge in [0.05, 0.1) is 0 Å². The number of allylic oxidation sites excluding steroid dienone is 2. The number of rotatable bonds is 3. The molecule has 0 saturated carbocycles. The van der Waals surface area contributed by atoms with Crippen molar-refractivity contribution in [1.82, 2.24) is 0 Å². The van der Waals surface area contributed by atoms with Crippen LogP contribution in [-0.2, 0) is 0 Å². The summed E-state index contributed by atoms with van der Waals surface area (Å²) in [6, 6.07) is 6.57. The fourth-order valence-corrected chi connectivity index (χ4v) is 1.91. The lowest BCUT2D eigenvalue weighted by Crippen LogP contribution is -1.74. The average molecular weight is 256 g/mol. The first-order valence-electron chi connectivity index (χ1n) is 6.32. The summed E-state index contributed by atoms with van der Waals surface area (Å²) < 4.78 is 12.5. The highest BCUT2D eigenvalue weighted by Gasteiger charge is 1.95. The van der Waals surface area contributed by atoms with Crippen molar-refractivity contribution in [3.63, 3.8) is 0 Å². The Morgan fingerprint density at radius 2 is 1.59 bits per heavy atom. The molecular weight excluding hydrogens is 231 g/mol. The van der Waals surface area contributed by atoms with Crippen LogP contribution in [-0.4, -0.2) is 0 Å². The smallest absolute Gasteiger partial charge is 0.123 e. The van der Waals surface area contributed by atoms with E-state index in [0.29, 0.717) is 0 Å². The molecule has 1 aromatic carbocycles. The molecule has 0 spiro atoms. The Labute approximate surface area is 110 Å². The van der Waals surface area contributed by atoms with E-state index in [4.69, 9.17) is 0 Å². The van der Waals surface area contributed by atoms with Crippen LogP contribution in [0.15, 0.2) is 40.1 Å². The van der Waals surface area contributed by atoms with Gasteiger partial charge in [-0.2, -0.15) is 0 Å². The minimum Gasteiger partial charge on any atom is -0.207 e. The maximum atomic E-state index is 12.5. The van der Waals surface area contributed by atoms with Gasteiger partial charge in [-0.15, -0.1) is 0 Å². The molecule has 0 amide bonds. The van der Waals surface area contributed by atoms with Crippen molar-refractivity contribution in [2.24, 2.45) is 0 Å². The van der Waals surface area contributed by atoms with Crippen molar-refractivity contribution >= 4 is 11.8 Å². The van der Waals surface area contributed by atoms with E-state index >= 15 is 0 Å². The molecular formula is C15H25FS. The summed E-state index contributed by atoms with van der Waals surface area (Å²) in [6.45, 7) is 12.2. The van der Waals surface area contributed by atoms with Crippen molar-refractivity contribution in [2.75, 3.05) is 0 Å². The third-order valence-electron chi connectivity index (χ3n) is 1.58. The summed E-state index contributed by atoms with van der Waals surface area (Å²) in [6.07, 6.45) is 3.20.